The van der Waals surface area contributed by atoms with E-state index in [1.807, 2.05) is 30.3 Å². The van der Waals surface area contributed by atoms with Crippen molar-refractivity contribution in [3.05, 3.63) is 120 Å². The lowest BCUT2D eigenvalue weighted by Crippen LogP contribution is -2.31. The first-order valence-corrected chi connectivity index (χ1v) is 11.3. The van der Waals surface area contributed by atoms with Crippen LogP contribution in [0.3, 0.4) is 0 Å². The van der Waals surface area contributed by atoms with Crippen LogP contribution in [0.25, 0.3) is 11.1 Å². The van der Waals surface area contributed by atoms with Crippen molar-refractivity contribution in [1.82, 2.24) is 5.32 Å². The van der Waals surface area contributed by atoms with Crippen LogP contribution < -0.4 is 16.0 Å². The molecule has 0 saturated heterocycles. The highest BCUT2D eigenvalue weighted by atomic mass is 32.1. The second-order valence-electron chi connectivity index (χ2n) is 7.78. The molecule has 1 atom stereocenters. The van der Waals surface area contributed by atoms with Gasteiger partial charge < -0.3 is 16.0 Å². The number of nitrogens with one attached hydrogen (secondary N) is 3. The van der Waals surface area contributed by atoms with Gasteiger partial charge in [0.05, 0.1) is 11.6 Å². The van der Waals surface area contributed by atoms with Crippen LogP contribution in [0.4, 0.5) is 15.8 Å². The van der Waals surface area contributed by atoms with Crippen molar-refractivity contribution in [1.29, 1.82) is 0 Å². The first-order valence-electron chi connectivity index (χ1n) is 10.9. The molecule has 4 rings (SSSR count). The molecule has 0 spiro atoms. The maximum atomic E-state index is 13.8. The lowest BCUT2D eigenvalue weighted by Gasteiger charge is -2.20. The standard InChI is InChI=1S/C28H24FN3OS/c1-19(23-11-5-6-12-24(23)20-9-3-2-4-10-20)30-28(34)32-22-17-15-21(16-18-22)31-27(33)25-13-7-8-14-26(25)29/h2-19H,1H3,(H,31,33)(H2,30,32,34)/t19-/m0/s1. The maximum Gasteiger partial charge on any atom is 0.258 e. The third kappa shape index (κ3) is 5.66. The van der Waals surface area contributed by atoms with Crippen LogP contribution in [0.15, 0.2) is 103 Å². The molecule has 0 aliphatic heterocycles. The topological polar surface area (TPSA) is 53.2 Å². The van der Waals surface area contributed by atoms with Gasteiger partial charge in [-0.25, -0.2) is 4.39 Å². The minimum atomic E-state index is -0.558. The molecule has 4 aromatic rings. The average molecular weight is 470 g/mol. The van der Waals surface area contributed by atoms with Crippen LogP contribution >= 0.6 is 12.2 Å². The van der Waals surface area contributed by atoms with Gasteiger partial charge in [-0.3, -0.25) is 4.79 Å². The van der Waals surface area contributed by atoms with Gasteiger partial charge in [0.2, 0.25) is 0 Å². The van der Waals surface area contributed by atoms with Gasteiger partial charge >= 0.3 is 0 Å². The van der Waals surface area contributed by atoms with Crippen molar-refractivity contribution in [3.63, 3.8) is 0 Å². The summed E-state index contributed by atoms with van der Waals surface area (Å²) in [6, 6.07) is 31.4. The van der Waals surface area contributed by atoms with Gasteiger partial charge in [0, 0.05) is 11.4 Å². The fraction of sp³-hybridized carbons (Fsp3) is 0.0714. The second-order valence-corrected chi connectivity index (χ2v) is 8.19. The monoisotopic (exact) mass is 469 g/mol. The molecule has 0 heterocycles. The molecule has 0 aliphatic rings. The SMILES string of the molecule is C[C@H](NC(=S)Nc1ccc(NC(=O)c2ccccc2F)cc1)c1ccccc1-c1ccccc1. The van der Waals surface area contributed by atoms with E-state index in [4.69, 9.17) is 12.2 Å². The van der Waals surface area contributed by atoms with Gasteiger partial charge in [-0.2, -0.15) is 0 Å². The zero-order valence-electron chi connectivity index (χ0n) is 18.6. The second kappa shape index (κ2) is 10.7. The first kappa shape index (κ1) is 23.1. The summed E-state index contributed by atoms with van der Waals surface area (Å²) >= 11 is 5.52. The summed E-state index contributed by atoms with van der Waals surface area (Å²) in [4.78, 5) is 12.3. The number of halogens is 1. The highest BCUT2D eigenvalue weighted by molar-refractivity contribution is 7.80. The predicted molar refractivity (Wildman–Crippen MR) is 140 cm³/mol. The Balaban J connectivity index is 1.38. The minimum absolute atomic E-state index is 0.000138. The van der Waals surface area contributed by atoms with Gasteiger partial charge in [-0.1, -0.05) is 66.7 Å². The predicted octanol–water partition coefficient (Wildman–Crippen LogP) is 6.79. The molecule has 0 radical (unpaired) electrons. The Morgan fingerprint density at radius 3 is 2.06 bits per heavy atom. The average Bonchev–Trinajstić information content (AvgIpc) is 2.86. The fourth-order valence-corrected chi connectivity index (χ4v) is 3.97. The Morgan fingerprint density at radius 1 is 0.765 bits per heavy atom. The highest BCUT2D eigenvalue weighted by Crippen LogP contribution is 2.28. The number of carbonyl (C=O) groups excluding carboxylic acids is 1. The third-order valence-electron chi connectivity index (χ3n) is 5.38. The van der Waals surface area contributed by atoms with E-state index in [1.54, 1.807) is 36.4 Å². The molecule has 0 saturated carbocycles. The molecule has 0 unspecified atom stereocenters. The van der Waals surface area contributed by atoms with Crippen molar-refractivity contribution in [3.8, 4) is 11.1 Å². The van der Waals surface area contributed by atoms with Crippen molar-refractivity contribution >= 4 is 34.6 Å². The number of hydrogen-bond acceptors (Lipinski definition) is 2. The van der Waals surface area contributed by atoms with Crippen LogP contribution in [-0.2, 0) is 0 Å². The summed E-state index contributed by atoms with van der Waals surface area (Å²) in [5, 5.41) is 9.69. The summed E-state index contributed by atoms with van der Waals surface area (Å²) in [5.74, 6) is -1.06. The summed E-state index contributed by atoms with van der Waals surface area (Å²) in [7, 11) is 0. The van der Waals surface area contributed by atoms with Crippen molar-refractivity contribution in [2.45, 2.75) is 13.0 Å². The molecule has 3 N–H and O–H groups in total. The normalized spacial score (nSPS) is 11.4. The number of rotatable bonds is 6. The zero-order chi connectivity index (χ0) is 23.9. The molecule has 4 nitrogen and oxygen atoms in total. The Kier molecular flexibility index (Phi) is 7.30. The Bertz CT molecular complexity index is 1290. The number of amides is 1. The fourth-order valence-electron chi connectivity index (χ4n) is 3.68. The van der Waals surface area contributed by atoms with Crippen LogP contribution in [0, 0.1) is 5.82 Å². The number of benzene rings is 4. The van der Waals surface area contributed by atoms with Gasteiger partial charge in [-0.15, -0.1) is 0 Å². The Morgan fingerprint density at radius 2 is 1.35 bits per heavy atom. The zero-order valence-corrected chi connectivity index (χ0v) is 19.4. The van der Waals surface area contributed by atoms with E-state index in [1.165, 1.54) is 12.1 Å². The van der Waals surface area contributed by atoms with Crippen molar-refractivity contribution < 1.29 is 9.18 Å². The van der Waals surface area contributed by atoms with Crippen LogP contribution in [0.5, 0.6) is 0 Å². The van der Waals surface area contributed by atoms with E-state index in [9.17, 15) is 9.18 Å². The molecule has 0 bridgehead atoms. The largest absolute Gasteiger partial charge is 0.356 e. The smallest absolute Gasteiger partial charge is 0.258 e. The van der Waals surface area contributed by atoms with E-state index in [-0.39, 0.29) is 11.6 Å². The van der Waals surface area contributed by atoms with Crippen LogP contribution in [0.1, 0.15) is 28.9 Å². The maximum absolute atomic E-state index is 13.8. The Labute approximate surface area is 203 Å². The molecule has 4 aromatic carbocycles. The highest BCUT2D eigenvalue weighted by Gasteiger charge is 2.13. The van der Waals surface area contributed by atoms with Gasteiger partial charge in [0.1, 0.15) is 5.82 Å². The lowest BCUT2D eigenvalue weighted by atomic mass is 9.96. The van der Waals surface area contributed by atoms with Crippen LogP contribution in [0.2, 0.25) is 0 Å². The summed E-state index contributed by atoms with van der Waals surface area (Å²) in [6.07, 6.45) is 0. The van der Waals surface area contributed by atoms with Gasteiger partial charge in [0.25, 0.3) is 5.91 Å². The molecule has 1 amide bonds. The van der Waals surface area contributed by atoms with E-state index in [2.05, 4.69) is 47.1 Å². The summed E-state index contributed by atoms with van der Waals surface area (Å²) in [5.41, 5.74) is 4.77. The molecule has 0 fully saturated rings. The molecular formula is C28H24FN3OS. The molecule has 34 heavy (non-hydrogen) atoms. The van der Waals surface area contributed by atoms with E-state index < -0.39 is 11.7 Å². The molecule has 0 aromatic heterocycles. The van der Waals surface area contributed by atoms with Crippen molar-refractivity contribution in [2.24, 2.45) is 0 Å². The quantitative estimate of drug-likeness (QED) is 0.272. The number of anilines is 2. The summed E-state index contributed by atoms with van der Waals surface area (Å²) in [6.45, 7) is 2.07. The third-order valence-corrected chi connectivity index (χ3v) is 5.60. The number of hydrogen-bond donors (Lipinski definition) is 3. The number of carbonyl (C=O) groups is 1. The van der Waals surface area contributed by atoms with E-state index in [0.717, 1.165) is 22.4 Å². The Hall–Kier alpha value is -4.03. The minimum Gasteiger partial charge on any atom is -0.356 e. The van der Waals surface area contributed by atoms with Crippen molar-refractivity contribution in [2.75, 3.05) is 10.6 Å². The molecule has 170 valence electrons. The number of thiocarbonyl (C=S) groups is 1. The molecular weight excluding hydrogens is 445 g/mol. The van der Waals surface area contributed by atoms with Gasteiger partial charge in [-0.05, 0) is 72.2 Å². The lowest BCUT2D eigenvalue weighted by molar-refractivity contribution is 0.102. The van der Waals surface area contributed by atoms with E-state index in [0.29, 0.717) is 10.8 Å². The van der Waals surface area contributed by atoms with Gasteiger partial charge in [0.15, 0.2) is 5.11 Å². The molecule has 0 aliphatic carbocycles. The van der Waals surface area contributed by atoms with E-state index >= 15 is 0 Å². The van der Waals surface area contributed by atoms with Crippen LogP contribution in [-0.4, -0.2) is 11.0 Å². The summed E-state index contributed by atoms with van der Waals surface area (Å²) < 4.78 is 13.8. The molecule has 6 heteroatoms. The first-order chi connectivity index (χ1) is 16.5.